The van der Waals surface area contributed by atoms with Gasteiger partial charge in [0.2, 0.25) is 0 Å². The second kappa shape index (κ2) is 9.96. The summed E-state index contributed by atoms with van der Waals surface area (Å²) in [7, 11) is 0. The molecule has 0 bridgehead atoms. The lowest BCUT2D eigenvalue weighted by molar-refractivity contribution is 0.0951. The Labute approximate surface area is 187 Å². The quantitative estimate of drug-likeness (QED) is 0.452. The Kier molecular flexibility index (Phi) is 6.66. The van der Waals surface area contributed by atoms with Crippen molar-refractivity contribution in [3.8, 4) is 0 Å². The van der Waals surface area contributed by atoms with E-state index in [2.05, 4.69) is 35.4 Å². The first-order chi connectivity index (χ1) is 15.5. The summed E-state index contributed by atoms with van der Waals surface area (Å²) in [5.74, 6) is 0.319. The van der Waals surface area contributed by atoms with Crippen LogP contribution in [0.25, 0.3) is 0 Å². The van der Waals surface area contributed by atoms with Gasteiger partial charge in [-0.1, -0.05) is 54.1 Å². The molecule has 0 unspecified atom stereocenters. The van der Waals surface area contributed by atoms with Gasteiger partial charge in [-0.05, 0) is 53.9 Å². The average Bonchev–Trinajstić information content (AvgIpc) is 2.79. The number of nitrogens with one attached hydrogen (secondary N) is 1. The molecule has 0 aliphatic rings. The molecule has 0 atom stereocenters. The first-order valence-corrected chi connectivity index (χ1v) is 10.5. The molecule has 1 amide bonds. The zero-order valence-corrected chi connectivity index (χ0v) is 17.9. The summed E-state index contributed by atoms with van der Waals surface area (Å²) in [6.07, 6.45) is 3.08. The minimum atomic E-state index is -0.292. The predicted molar refractivity (Wildman–Crippen MR) is 123 cm³/mol. The molecule has 32 heavy (non-hydrogen) atoms. The van der Waals surface area contributed by atoms with Crippen LogP contribution in [0.15, 0.2) is 85.1 Å². The van der Waals surface area contributed by atoms with Crippen molar-refractivity contribution in [2.24, 2.45) is 0 Å². The number of aryl methyl sites for hydroxylation is 1. The van der Waals surface area contributed by atoms with Gasteiger partial charge in [0.25, 0.3) is 5.91 Å². The molecule has 0 saturated heterocycles. The van der Waals surface area contributed by atoms with E-state index in [1.807, 2.05) is 30.3 Å². The molecule has 3 aromatic carbocycles. The Balaban J connectivity index is 1.41. The molecule has 0 aliphatic carbocycles. The smallest absolute Gasteiger partial charge is 0.251 e. The normalized spacial score (nSPS) is 10.7. The van der Waals surface area contributed by atoms with E-state index in [1.54, 1.807) is 24.4 Å². The van der Waals surface area contributed by atoms with Crippen molar-refractivity contribution in [2.45, 2.75) is 26.3 Å². The van der Waals surface area contributed by atoms with Gasteiger partial charge < -0.3 is 5.32 Å². The van der Waals surface area contributed by atoms with Crippen LogP contribution in [0.3, 0.4) is 0 Å². The molecule has 5 heteroatoms. The van der Waals surface area contributed by atoms with Crippen LogP contribution in [-0.2, 0) is 19.4 Å². The Morgan fingerprint density at radius 3 is 2.41 bits per heavy atom. The lowest BCUT2D eigenvalue weighted by Gasteiger charge is -2.08. The minimum absolute atomic E-state index is 0.168. The Morgan fingerprint density at radius 2 is 1.62 bits per heavy atom. The fourth-order valence-corrected chi connectivity index (χ4v) is 3.55. The summed E-state index contributed by atoms with van der Waals surface area (Å²) in [4.78, 5) is 21.7. The topological polar surface area (TPSA) is 54.9 Å². The van der Waals surface area contributed by atoms with Crippen LogP contribution in [0.5, 0.6) is 0 Å². The van der Waals surface area contributed by atoms with E-state index >= 15 is 0 Å². The van der Waals surface area contributed by atoms with Gasteiger partial charge in [-0.15, -0.1) is 0 Å². The van der Waals surface area contributed by atoms with Gasteiger partial charge in [-0.2, -0.15) is 0 Å². The van der Waals surface area contributed by atoms with Gasteiger partial charge in [0.1, 0.15) is 11.6 Å². The summed E-state index contributed by atoms with van der Waals surface area (Å²) in [6.45, 7) is 2.42. The first-order valence-electron chi connectivity index (χ1n) is 10.5. The number of amides is 1. The maximum absolute atomic E-state index is 13.0. The van der Waals surface area contributed by atoms with E-state index in [0.29, 0.717) is 24.9 Å². The van der Waals surface area contributed by atoms with Gasteiger partial charge in [0.15, 0.2) is 0 Å². The van der Waals surface area contributed by atoms with Crippen molar-refractivity contribution < 1.29 is 9.18 Å². The third-order valence-corrected chi connectivity index (χ3v) is 5.15. The van der Waals surface area contributed by atoms with E-state index in [4.69, 9.17) is 4.98 Å². The predicted octanol–water partition coefficient (Wildman–Crippen LogP) is 5.04. The van der Waals surface area contributed by atoms with Gasteiger partial charge in [-0.25, -0.2) is 14.4 Å². The third kappa shape index (κ3) is 5.85. The number of benzene rings is 3. The third-order valence-electron chi connectivity index (χ3n) is 5.15. The number of hydrogen-bond acceptors (Lipinski definition) is 3. The van der Waals surface area contributed by atoms with Crippen molar-refractivity contribution >= 4 is 5.91 Å². The van der Waals surface area contributed by atoms with Gasteiger partial charge >= 0.3 is 0 Å². The number of aromatic nitrogens is 2. The monoisotopic (exact) mass is 425 g/mol. The molecule has 1 N–H and O–H groups in total. The van der Waals surface area contributed by atoms with Crippen LogP contribution >= 0.6 is 0 Å². The Bertz CT molecular complexity index is 1220. The van der Waals surface area contributed by atoms with Gasteiger partial charge in [-0.3, -0.25) is 4.79 Å². The van der Waals surface area contributed by atoms with Gasteiger partial charge in [0, 0.05) is 36.8 Å². The fraction of sp³-hybridized carbons (Fsp3) is 0.148. The van der Waals surface area contributed by atoms with E-state index in [-0.39, 0.29) is 11.7 Å². The highest BCUT2D eigenvalue weighted by Gasteiger charge is 2.08. The summed E-state index contributed by atoms with van der Waals surface area (Å²) in [6, 6.07) is 23.9. The maximum atomic E-state index is 13.0. The number of nitrogens with zero attached hydrogens (tertiary/aromatic N) is 2. The van der Waals surface area contributed by atoms with Crippen molar-refractivity contribution in [3.05, 3.63) is 130 Å². The molecule has 0 spiro atoms. The number of carbonyl (C=O) groups is 1. The zero-order chi connectivity index (χ0) is 22.3. The first kappa shape index (κ1) is 21.4. The Hall–Kier alpha value is -3.86. The van der Waals surface area contributed by atoms with Gasteiger partial charge in [0.05, 0.1) is 0 Å². The highest BCUT2D eigenvalue weighted by atomic mass is 19.1. The molecular weight excluding hydrogens is 401 g/mol. The van der Waals surface area contributed by atoms with Crippen LogP contribution in [0.1, 0.15) is 44.1 Å². The largest absolute Gasteiger partial charge is 0.348 e. The molecule has 0 fully saturated rings. The molecule has 0 aliphatic heterocycles. The minimum Gasteiger partial charge on any atom is -0.348 e. The number of hydrogen-bond donors (Lipinski definition) is 1. The Morgan fingerprint density at radius 1 is 0.875 bits per heavy atom. The van der Waals surface area contributed by atoms with Crippen LogP contribution < -0.4 is 5.32 Å². The molecule has 4 aromatic rings. The molecule has 0 saturated carbocycles. The van der Waals surface area contributed by atoms with Crippen molar-refractivity contribution in [3.63, 3.8) is 0 Å². The van der Waals surface area contributed by atoms with Crippen LogP contribution in [-0.4, -0.2) is 15.9 Å². The van der Waals surface area contributed by atoms with E-state index in [9.17, 15) is 9.18 Å². The van der Waals surface area contributed by atoms with E-state index in [0.717, 1.165) is 22.6 Å². The molecule has 4 rings (SSSR count). The number of halogens is 1. The molecule has 1 heterocycles. The second-order valence-electron chi connectivity index (χ2n) is 7.82. The fourth-order valence-electron chi connectivity index (χ4n) is 3.55. The van der Waals surface area contributed by atoms with Crippen LogP contribution in [0.2, 0.25) is 0 Å². The van der Waals surface area contributed by atoms with Crippen molar-refractivity contribution in [1.82, 2.24) is 15.3 Å². The maximum Gasteiger partial charge on any atom is 0.251 e. The molecule has 0 radical (unpaired) electrons. The van der Waals surface area contributed by atoms with Crippen LogP contribution in [0.4, 0.5) is 4.39 Å². The van der Waals surface area contributed by atoms with Crippen LogP contribution in [0, 0.1) is 12.7 Å². The summed E-state index contributed by atoms with van der Waals surface area (Å²) >= 11 is 0. The highest BCUT2D eigenvalue weighted by molar-refractivity contribution is 5.94. The average molecular weight is 426 g/mol. The zero-order valence-electron chi connectivity index (χ0n) is 17.9. The van der Waals surface area contributed by atoms with Crippen molar-refractivity contribution in [2.75, 3.05) is 0 Å². The number of rotatable bonds is 7. The molecule has 1 aromatic heterocycles. The van der Waals surface area contributed by atoms with E-state index in [1.165, 1.54) is 23.3 Å². The molecule has 160 valence electrons. The summed E-state index contributed by atoms with van der Waals surface area (Å²) < 4.78 is 13.0. The van der Waals surface area contributed by atoms with Crippen molar-refractivity contribution in [1.29, 1.82) is 0 Å². The number of carbonyl (C=O) groups excluding carboxylic acids is 1. The standard InChI is InChI=1S/C27H24FN3O/c1-19-4-2-5-21(14-19)17-26-29-13-12-25(31-26)16-22-6-3-7-23(15-22)27(32)30-18-20-8-10-24(28)11-9-20/h2-15H,16-18H2,1H3,(H,30,32). The highest BCUT2D eigenvalue weighted by Crippen LogP contribution is 2.13. The lowest BCUT2D eigenvalue weighted by Crippen LogP contribution is -2.22. The molecule has 4 nitrogen and oxygen atoms in total. The lowest BCUT2D eigenvalue weighted by atomic mass is 10.1. The SMILES string of the molecule is Cc1cccc(Cc2nccc(Cc3cccc(C(=O)NCc4ccc(F)cc4)c3)n2)c1. The summed E-state index contributed by atoms with van der Waals surface area (Å²) in [5, 5.41) is 2.88. The molecular formula is C27H24FN3O. The summed E-state index contributed by atoms with van der Waals surface area (Å²) in [5.41, 5.74) is 5.73. The van der Waals surface area contributed by atoms with E-state index < -0.39 is 0 Å². The second-order valence-corrected chi connectivity index (χ2v) is 7.82.